The molecule has 0 radical (unpaired) electrons. The Morgan fingerprint density at radius 3 is 2.67 bits per heavy atom. The minimum atomic E-state index is -0.935. The highest BCUT2D eigenvalue weighted by molar-refractivity contribution is 6.30. The Labute approximate surface area is 210 Å². The predicted octanol–water partition coefficient (Wildman–Crippen LogP) is 3.70. The average molecular weight is 504 g/mol. The molecule has 5 aromatic rings. The van der Waals surface area contributed by atoms with Crippen molar-refractivity contribution in [3.63, 3.8) is 0 Å². The van der Waals surface area contributed by atoms with E-state index in [-0.39, 0.29) is 6.42 Å². The van der Waals surface area contributed by atoms with E-state index in [1.807, 2.05) is 31.3 Å². The smallest absolute Gasteiger partial charge is 0.304 e. The number of hydrogen-bond acceptors (Lipinski definition) is 8. The molecular weight excluding hydrogens is 482 g/mol. The minimum Gasteiger partial charge on any atom is -0.481 e. The number of fused-ring (bicyclic) bond motifs is 1. The summed E-state index contributed by atoms with van der Waals surface area (Å²) in [5.41, 5.74) is 9.23. The highest BCUT2D eigenvalue weighted by atomic mass is 35.5. The van der Waals surface area contributed by atoms with Crippen molar-refractivity contribution in [2.75, 3.05) is 11.1 Å². The maximum Gasteiger partial charge on any atom is 0.304 e. The number of carbonyl (C=O) groups is 1. The van der Waals surface area contributed by atoms with Crippen molar-refractivity contribution in [1.29, 1.82) is 0 Å². The number of nitrogens with zero attached hydrogens (tertiary/aromatic N) is 7. The van der Waals surface area contributed by atoms with Crippen LogP contribution >= 0.6 is 11.6 Å². The molecule has 4 aromatic heterocycles. The highest BCUT2D eigenvalue weighted by Gasteiger charge is 2.23. The van der Waals surface area contributed by atoms with Crippen molar-refractivity contribution >= 4 is 40.8 Å². The molecule has 0 fully saturated rings. The third kappa shape index (κ3) is 4.82. The fourth-order valence-electron chi connectivity index (χ4n) is 4.05. The normalized spacial score (nSPS) is 12.1. The van der Waals surface area contributed by atoms with Crippen molar-refractivity contribution in [2.24, 2.45) is 7.05 Å². The molecule has 182 valence electrons. The second-order valence-corrected chi connectivity index (χ2v) is 8.71. The molecule has 4 heterocycles. The summed E-state index contributed by atoms with van der Waals surface area (Å²) in [5.74, 6) is 0.618. The topological polar surface area (TPSA) is 149 Å². The zero-order valence-corrected chi connectivity index (χ0v) is 20.0. The number of aryl methyl sites for hydroxylation is 1. The van der Waals surface area contributed by atoms with E-state index in [0.29, 0.717) is 40.4 Å². The van der Waals surface area contributed by atoms with Gasteiger partial charge in [-0.05, 0) is 42.3 Å². The number of aliphatic carboxylic acids is 1. The molecule has 0 aliphatic heterocycles. The molecular formula is C24H22ClN9O2. The molecule has 0 bridgehead atoms. The first kappa shape index (κ1) is 23.2. The zero-order valence-electron chi connectivity index (χ0n) is 19.2. The van der Waals surface area contributed by atoms with E-state index in [4.69, 9.17) is 17.3 Å². The van der Waals surface area contributed by atoms with Gasteiger partial charge in [0.2, 0.25) is 5.95 Å². The van der Waals surface area contributed by atoms with Crippen molar-refractivity contribution in [3.8, 4) is 11.3 Å². The standard InChI is InChI=1S/C24H22ClN9O2/c1-33-20(7-9-28-33)30-24-27-8-6-18(29-24)15-11-19(26)34-21(12-15)31-32-23(34)16(13-22(35)36)10-14-2-4-17(25)5-3-14/h2-9,11-12,16H,10,13,26H2,1H3,(H,35,36)(H,27,29,30). The maximum atomic E-state index is 11.6. The van der Waals surface area contributed by atoms with Gasteiger partial charge in [-0.3, -0.25) is 13.9 Å². The van der Waals surface area contributed by atoms with Crippen LogP contribution < -0.4 is 11.1 Å². The van der Waals surface area contributed by atoms with Crippen LogP contribution in [0.25, 0.3) is 16.9 Å². The van der Waals surface area contributed by atoms with E-state index in [0.717, 1.165) is 16.9 Å². The Morgan fingerprint density at radius 2 is 1.94 bits per heavy atom. The number of nitrogens with one attached hydrogen (secondary N) is 1. The van der Waals surface area contributed by atoms with Gasteiger partial charge in [0.15, 0.2) is 5.65 Å². The van der Waals surface area contributed by atoms with Crippen LogP contribution in [0.15, 0.2) is 60.9 Å². The molecule has 1 unspecified atom stereocenters. The largest absolute Gasteiger partial charge is 0.481 e. The summed E-state index contributed by atoms with van der Waals surface area (Å²) < 4.78 is 3.36. The van der Waals surface area contributed by atoms with Crippen molar-refractivity contribution < 1.29 is 9.90 Å². The second-order valence-electron chi connectivity index (χ2n) is 8.28. The lowest BCUT2D eigenvalue weighted by atomic mass is 9.95. The van der Waals surface area contributed by atoms with E-state index in [9.17, 15) is 9.90 Å². The van der Waals surface area contributed by atoms with Crippen molar-refractivity contribution in [1.82, 2.24) is 34.3 Å². The lowest BCUT2D eigenvalue weighted by Gasteiger charge is -2.15. The van der Waals surface area contributed by atoms with E-state index < -0.39 is 11.9 Å². The van der Waals surface area contributed by atoms with Crippen molar-refractivity contribution in [2.45, 2.75) is 18.8 Å². The highest BCUT2D eigenvalue weighted by Crippen LogP contribution is 2.29. The van der Waals surface area contributed by atoms with Crippen LogP contribution in [0.2, 0.25) is 5.02 Å². The van der Waals surface area contributed by atoms with Gasteiger partial charge in [-0.2, -0.15) is 5.10 Å². The number of nitrogens with two attached hydrogens (primary N) is 1. The summed E-state index contributed by atoms with van der Waals surface area (Å²) in [6, 6.07) is 14.4. The monoisotopic (exact) mass is 503 g/mol. The molecule has 0 spiro atoms. The van der Waals surface area contributed by atoms with Crippen LogP contribution in [0.3, 0.4) is 0 Å². The van der Waals surface area contributed by atoms with Crippen molar-refractivity contribution in [3.05, 3.63) is 77.3 Å². The Hall–Kier alpha value is -4.51. The molecule has 0 saturated carbocycles. The van der Waals surface area contributed by atoms with Crippen LogP contribution in [-0.4, -0.2) is 45.4 Å². The van der Waals surface area contributed by atoms with E-state index >= 15 is 0 Å². The van der Waals surface area contributed by atoms with Gasteiger partial charge in [0.25, 0.3) is 0 Å². The molecule has 36 heavy (non-hydrogen) atoms. The molecule has 0 saturated heterocycles. The van der Waals surface area contributed by atoms with Gasteiger partial charge >= 0.3 is 5.97 Å². The first-order chi connectivity index (χ1) is 17.4. The van der Waals surface area contributed by atoms with Crippen LogP contribution in [0.4, 0.5) is 17.6 Å². The summed E-state index contributed by atoms with van der Waals surface area (Å²) in [6.45, 7) is 0. The Morgan fingerprint density at radius 1 is 1.14 bits per heavy atom. The van der Waals surface area contributed by atoms with Gasteiger partial charge in [0.1, 0.15) is 17.5 Å². The molecule has 0 amide bonds. The first-order valence-electron chi connectivity index (χ1n) is 11.1. The number of carboxylic acids is 1. The minimum absolute atomic E-state index is 0.125. The number of hydrogen-bond donors (Lipinski definition) is 3. The third-order valence-electron chi connectivity index (χ3n) is 5.75. The number of aromatic nitrogens is 7. The number of anilines is 3. The molecule has 0 aliphatic rings. The molecule has 11 nitrogen and oxygen atoms in total. The summed E-state index contributed by atoms with van der Waals surface area (Å²) in [6.07, 6.45) is 3.64. The van der Waals surface area contributed by atoms with Gasteiger partial charge in [0.05, 0.1) is 18.3 Å². The second kappa shape index (κ2) is 9.62. The molecule has 12 heteroatoms. The molecule has 5 rings (SSSR count). The van der Waals surface area contributed by atoms with Gasteiger partial charge in [-0.25, -0.2) is 9.97 Å². The van der Waals surface area contributed by atoms with Crippen LogP contribution in [0, 0.1) is 0 Å². The van der Waals surface area contributed by atoms with Gasteiger partial charge in [0, 0.05) is 35.8 Å². The number of benzene rings is 1. The van der Waals surface area contributed by atoms with Crippen LogP contribution in [0.5, 0.6) is 0 Å². The Kier molecular flexibility index (Phi) is 6.21. The SMILES string of the molecule is Cn1nccc1Nc1nccc(-c2cc(N)n3c(C(CC(=O)O)Cc4ccc(Cl)cc4)nnc3c2)n1. The quantitative estimate of drug-likeness (QED) is 0.288. The number of rotatable bonds is 8. The molecule has 4 N–H and O–H groups in total. The van der Waals surface area contributed by atoms with Gasteiger partial charge in [-0.1, -0.05) is 23.7 Å². The Bertz CT molecular complexity index is 1550. The zero-order chi connectivity index (χ0) is 25.2. The number of pyridine rings is 1. The fourth-order valence-corrected chi connectivity index (χ4v) is 4.17. The predicted molar refractivity (Wildman–Crippen MR) is 135 cm³/mol. The first-order valence-corrected chi connectivity index (χ1v) is 11.4. The molecule has 0 aliphatic carbocycles. The number of carboxylic acid groups (broad SMARTS) is 1. The number of halogens is 1. The average Bonchev–Trinajstić information content (AvgIpc) is 3.46. The van der Waals surface area contributed by atoms with E-state index in [1.54, 1.807) is 45.7 Å². The van der Waals surface area contributed by atoms with Crippen LogP contribution in [0.1, 0.15) is 23.7 Å². The fraction of sp³-hybridized carbons (Fsp3) is 0.167. The van der Waals surface area contributed by atoms with E-state index in [2.05, 4.69) is 30.6 Å². The third-order valence-corrected chi connectivity index (χ3v) is 6.00. The lowest BCUT2D eigenvalue weighted by Crippen LogP contribution is -2.14. The van der Waals surface area contributed by atoms with Gasteiger partial charge in [-0.15, -0.1) is 10.2 Å². The Balaban J connectivity index is 1.48. The molecule has 1 aromatic carbocycles. The lowest BCUT2D eigenvalue weighted by molar-refractivity contribution is -0.137. The summed E-state index contributed by atoms with van der Waals surface area (Å²) in [4.78, 5) is 20.5. The summed E-state index contributed by atoms with van der Waals surface area (Å²) >= 11 is 5.99. The van der Waals surface area contributed by atoms with Gasteiger partial charge < -0.3 is 16.2 Å². The van der Waals surface area contributed by atoms with Crippen LogP contribution in [-0.2, 0) is 18.3 Å². The summed E-state index contributed by atoms with van der Waals surface area (Å²) in [7, 11) is 1.81. The number of nitrogen functional groups attached to an aromatic ring is 1. The molecule has 1 atom stereocenters. The van der Waals surface area contributed by atoms with E-state index in [1.165, 1.54) is 0 Å². The maximum absolute atomic E-state index is 11.6. The summed E-state index contributed by atoms with van der Waals surface area (Å²) in [5, 5.41) is 26.0.